The summed E-state index contributed by atoms with van der Waals surface area (Å²) in [6.45, 7) is 37.1. The van der Waals surface area contributed by atoms with Crippen LogP contribution in [-0.4, -0.2) is 18.3 Å². The van der Waals surface area contributed by atoms with Crippen molar-refractivity contribution in [1.29, 1.82) is 0 Å². The fourth-order valence-electron chi connectivity index (χ4n) is 11.4. The lowest BCUT2D eigenvalue weighted by Crippen LogP contribution is -2.10. The number of benzene rings is 7. The van der Waals surface area contributed by atoms with Crippen molar-refractivity contribution in [3.8, 4) is 11.4 Å². The van der Waals surface area contributed by atoms with E-state index in [0.717, 1.165) is 0 Å². The topological polar surface area (TPSA) is 19.7 Å². The Kier molecular flexibility index (Phi) is 9.52. The maximum absolute atomic E-state index is 2.56. The number of hydrogen-bond donors (Lipinski definition) is 0. The average Bonchev–Trinajstić information content (AvgIpc) is 3.97. The minimum absolute atomic E-state index is 0.0440. The predicted octanol–water partition coefficient (Wildman–Crippen LogP) is 18.4. The van der Waals surface area contributed by atoms with Crippen molar-refractivity contribution in [2.45, 2.75) is 145 Å². The van der Waals surface area contributed by atoms with Gasteiger partial charge >= 0.3 is 0 Å². The highest BCUT2D eigenvalue weighted by Crippen LogP contribution is 2.44. The van der Waals surface area contributed by atoms with Crippen LogP contribution in [0.25, 0.3) is 98.6 Å². The van der Waals surface area contributed by atoms with Gasteiger partial charge in [-0.2, -0.15) is 0 Å². The second-order valence-electron chi connectivity index (χ2n) is 24.8. The molecule has 11 rings (SSSR count). The fraction of sp³-hybridized carbons (Fsp3) is 0.344. The fourth-order valence-corrected chi connectivity index (χ4v) is 11.4. The van der Waals surface area contributed by atoms with Gasteiger partial charge in [-0.15, -0.1) is 0 Å². The van der Waals surface area contributed by atoms with Crippen LogP contribution >= 0.6 is 0 Å². The zero-order chi connectivity index (χ0) is 48.3. The first kappa shape index (κ1) is 44.3. The van der Waals surface area contributed by atoms with Gasteiger partial charge in [0, 0.05) is 77.6 Å². The van der Waals surface area contributed by atoms with Crippen LogP contribution in [-0.2, 0) is 21.7 Å². The monoisotopic (exact) mass is 895 g/mol. The zero-order valence-corrected chi connectivity index (χ0v) is 43.5. The lowest BCUT2D eigenvalue weighted by molar-refractivity contribution is 0.590. The van der Waals surface area contributed by atoms with Crippen LogP contribution in [0.3, 0.4) is 0 Å². The molecule has 0 spiro atoms. The molecule has 0 atom stereocenters. The van der Waals surface area contributed by atoms with Gasteiger partial charge in [0.1, 0.15) is 0 Å². The van der Waals surface area contributed by atoms with Crippen LogP contribution in [0, 0.1) is 0 Å². The third-order valence-corrected chi connectivity index (χ3v) is 15.2. The van der Waals surface area contributed by atoms with Gasteiger partial charge in [-0.25, -0.2) is 0 Å². The van der Waals surface area contributed by atoms with Gasteiger partial charge in [-0.05, 0) is 169 Å². The molecular formula is C64H70N4. The van der Waals surface area contributed by atoms with E-state index < -0.39 is 0 Å². The SMILES string of the molecule is CC(C)n1c2ccc(-n3c4ccc(C(C)(C)C)cc4c4cc(C(C)(C)C)ccc43)cc2c2cc3c4cc(-n5c6ccc(C(C)(C)C)cc6c6cc(C(C)(C)C)ccc65)ccc4n(C(C)C)c3cc21. The van der Waals surface area contributed by atoms with Crippen molar-refractivity contribution in [2.75, 3.05) is 0 Å². The normalized spacial score (nSPS) is 13.6. The average molecular weight is 895 g/mol. The van der Waals surface area contributed by atoms with E-state index in [2.05, 4.69) is 250 Å². The minimum Gasteiger partial charge on any atom is -0.338 e. The Balaban J connectivity index is 1.18. The van der Waals surface area contributed by atoms with Crippen LogP contribution in [0.4, 0.5) is 0 Å². The van der Waals surface area contributed by atoms with Crippen molar-refractivity contribution in [3.63, 3.8) is 0 Å². The number of hydrogen-bond acceptors (Lipinski definition) is 0. The van der Waals surface area contributed by atoms with E-state index in [9.17, 15) is 0 Å². The highest BCUT2D eigenvalue weighted by atomic mass is 15.0. The summed E-state index contributed by atoms with van der Waals surface area (Å²) in [6.07, 6.45) is 0. The third kappa shape index (κ3) is 6.67. The number of nitrogens with zero attached hydrogens (tertiary/aromatic N) is 4. The molecule has 7 aromatic carbocycles. The Labute approximate surface area is 403 Å². The molecule has 0 unspecified atom stereocenters. The van der Waals surface area contributed by atoms with Crippen LogP contribution in [0.5, 0.6) is 0 Å². The van der Waals surface area contributed by atoms with Crippen LogP contribution in [0.1, 0.15) is 145 Å². The standard InChI is InChI=1S/C64H70N4/c1-37(2)65-53-27-21-43(67-55-23-17-39(61(5,6)7)29-45(55)46-30-40(62(8,9)10)18-24-56(46)67)33-49(53)51-35-52-50-34-44(22-28-54(50)66(38(3)4)60(52)36-59(51)65)68-57-25-19-41(63(11,12)13)31-47(57)48-32-42(64(14,15)16)20-26-58(48)68/h17-38H,1-16H3. The molecule has 0 saturated heterocycles. The molecule has 0 bridgehead atoms. The summed E-state index contributed by atoms with van der Waals surface area (Å²) in [5.74, 6) is 0. The smallest absolute Gasteiger partial charge is 0.0541 e. The Morgan fingerprint density at radius 2 is 0.515 bits per heavy atom. The molecule has 0 aliphatic heterocycles. The first-order chi connectivity index (χ1) is 31.9. The van der Waals surface area contributed by atoms with E-state index in [4.69, 9.17) is 0 Å². The molecule has 0 N–H and O–H groups in total. The molecule has 0 amide bonds. The third-order valence-electron chi connectivity index (χ3n) is 15.2. The summed E-state index contributed by atoms with van der Waals surface area (Å²) >= 11 is 0. The molecule has 346 valence electrons. The largest absolute Gasteiger partial charge is 0.338 e. The van der Waals surface area contributed by atoms with Crippen molar-refractivity contribution in [1.82, 2.24) is 18.3 Å². The van der Waals surface area contributed by atoms with E-state index in [1.165, 1.54) is 121 Å². The van der Waals surface area contributed by atoms with Gasteiger partial charge in [-0.1, -0.05) is 107 Å². The predicted molar refractivity (Wildman–Crippen MR) is 297 cm³/mol. The number of fused-ring (bicyclic) bond motifs is 12. The Hall–Kier alpha value is -6.26. The van der Waals surface area contributed by atoms with Crippen molar-refractivity contribution >= 4 is 87.2 Å². The summed E-state index contributed by atoms with van der Waals surface area (Å²) < 4.78 is 10.2. The maximum atomic E-state index is 2.56. The first-order valence-corrected chi connectivity index (χ1v) is 25.1. The number of rotatable bonds is 4. The minimum atomic E-state index is 0.0440. The van der Waals surface area contributed by atoms with Crippen molar-refractivity contribution in [2.24, 2.45) is 0 Å². The molecule has 0 aliphatic carbocycles. The molecule has 4 heteroatoms. The lowest BCUT2D eigenvalue weighted by atomic mass is 9.85. The van der Waals surface area contributed by atoms with E-state index in [-0.39, 0.29) is 33.7 Å². The second kappa shape index (κ2) is 14.6. The van der Waals surface area contributed by atoms with Gasteiger partial charge in [0.2, 0.25) is 0 Å². The van der Waals surface area contributed by atoms with Crippen LogP contribution in [0.2, 0.25) is 0 Å². The summed E-state index contributed by atoms with van der Waals surface area (Å²) in [5.41, 5.74) is 18.1. The van der Waals surface area contributed by atoms with Crippen LogP contribution < -0.4 is 0 Å². The molecule has 4 aromatic heterocycles. The second-order valence-corrected chi connectivity index (χ2v) is 24.8. The highest BCUT2D eigenvalue weighted by Gasteiger charge is 2.26. The van der Waals surface area contributed by atoms with Gasteiger partial charge in [0.25, 0.3) is 0 Å². The van der Waals surface area contributed by atoms with E-state index in [1.807, 2.05) is 0 Å². The molecule has 0 saturated carbocycles. The Morgan fingerprint density at radius 3 is 0.779 bits per heavy atom. The highest BCUT2D eigenvalue weighted by molar-refractivity contribution is 6.19. The van der Waals surface area contributed by atoms with Crippen LogP contribution in [0.15, 0.2) is 121 Å². The summed E-state index contributed by atoms with van der Waals surface area (Å²) in [7, 11) is 0. The molecule has 0 fully saturated rings. The van der Waals surface area contributed by atoms with E-state index in [1.54, 1.807) is 0 Å². The van der Waals surface area contributed by atoms with Gasteiger partial charge < -0.3 is 18.3 Å². The van der Waals surface area contributed by atoms with Gasteiger partial charge in [0.15, 0.2) is 0 Å². The van der Waals surface area contributed by atoms with E-state index >= 15 is 0 Å². The molecular weight excluding hydrogens is 825 g/mol. The summed E-state index contributed by atoms with van der Waals surface area (Å²) in [5, 5.41) is 10.4. The summed E-state index contributed by atoms with van der Waals surface area (Å²) in [6, 6.07) is 48.6. The van der Waals surface area contributed by atoms with Crippen molar-refractivity contribution in [3.05, 3.63) is 144 Å². The molecule has 4 heterocycles. The molecule has 68 heavy (non-hydrogen) atoms. The van der Waals surface area contributed by atoms with Crippen molar-refractivity contribution < 1.29 is 0 Å². The maximum Gasteiger partial charge on any atom is 0.0541 e. The van der Waals surface area contributed by atoms with E-state index in [0.29, 0.717) is 0 Å². The van der Waals surface area contributed by atoms with Gasteiger partial charge in [-0.3, -0.25) is 0 Å². The summed E-state index contributed by atoms with van der Waals surface area (Å²) in [4.78, 5) is 0. The molecule has 4 nitrogen and oxygen atoms in total. The molecule has 0 radical (unpaired) electrons. The quantitative estimate of drug-likeness (QED) is 0.168. The number of aromatic nitrogens is 4. The zero-order valence-electron chi connectivity index (χ0n) is 43.5. The Morgan fingerprint density at radius 1 is 0.265 bits per heavy atom. The Bertz CT molecular complexity index is 3480. The lowest BCUT2D eigenvalue weighted by Gasteiger charge is -2.19. The van der Waals surface area contributed by atoms with Gasteiger partial charge in [0.05, 0.1) is 33.1 Å². The first-order valence-electron chi connectivity index (χ1n) is 25.1. The molecule has 11 aromatic rings. The molecule has 0 aliphatic rings.